The van der Waals surface area contributed by atoms with Crippen molar-refractivity contribution in [2.45, 2.75) is 44.4 Å². The van der Waals surface area contributed by atoms with Gasteiger partial charge in [0.2, 0.25) is 0 Å². The number of aromatic nitrogens is 1. The van der Waals surface area contributed by atoms with Gasteiger partial charge in [-0.1, -0.05) is 13.8 Å². The zero-order chi connectivity index (χ0) is 16.5. The van der Waals surface area contributed by atoms with Gasteiger partial charge in [0.05, 0.1) is 5.56 Å². The smallest absolute Gasteiger partial charge is 0.380 e. The second kappa shape index (κ2) is 5.87. The van der Waals surface area contributed by atoms with Crippen LogP contribution in [0.5, 0.6) is 0 Å². The number of nitrogens with zero attached hydrogens (tertiary/aromatic N) is 2. The zero-order valence-corrected chi connectivity index (χ0v) is 12.5. The molecule has 0 unspecified atom stereocenters. The SMILES string of the molecule is CC(C)c1ccc(C(=O)N2CCC(O)(C(F)(F)F)CC2)cn1. The molecule has 0 radical (unpaired) electrons. The highest BCUT2D eigenvalue weighted by Crippen LogP contribution is 2.38. The largest absolute Gasteiger partial charge is 0.417 e. The summed E-state index contributed by atoms with van der Waals surface area (Å²) in [6.45, 7) is 3.71. The summed E-state index contributed by atoms with van der Waals surface area (Å²) in [5.41, 5.74) is -1.49. The lowest BCUT2D eigenvalue weighted by Crippen LogP contribution is -2.54. The Kier molecular flexibility index (Phi) is 4.47. The Labute approximate surface area is 127 Å². The summed E-state index contributed by atoms with van der Waals surface area (Å²) in [5.74, 6) is -0.118. The number of rotatable bonds is 2. The molecule has 0 aromatic carbocycles. The molecule has 2 rings (SSSR count). The quantitative estimate of drug-likeness (QED) is 0.913. The molecule has 1 aromatic heterocycles. The molecule has 1 aromatic rings. The predicted octanol–water partition coefficient (Wildman–Crippen LogP) is 2.73. The fraction of sp³-hybridized carbons (Fsp3) is 0.600. The second-order valence-electron chi connectivity index (χ2n) is 5.95. The molecule has 2 heterocycles. The van der Waals surface area contributed by atoms with E-state index in [1.54, 1.807) is 12.1 Å². The molecule has 0 spiro atoms. The number of aliphatic hydroxyl groups is 1. The summed E-state index contributed by atoms with van der Waals surface area (Å²) in [5, 5.41) is 9.60. The highest BCUT2D eigenvalue weighted by atomic mass is 19.4. The zero-order valence-electron chi connectivity index (χ0n) is 12.5. The van der Waals surface area contributed by atoms with Crippen LogP contribution >= 0.6 is 0 Å². The summed E-state index contributed by atoms with van der Waals surface area (Å²) >= 11 is 0. The van der Waals surface area contributed by atoms with Crippen molar-refractivity contribution in [3.05, 3.63) is 29.6 Å². The van der Waals surface area contributed by atoms with Gasteiger partial charge in [0.15, 0.2) is 5.60 Å². The van der Waals surface area contributed by atoms with Gasteiger partial charge in [-0.3, -0.25) is 9.78 Å². The summed E-state index contributed by atoms with van der Waals surface area (Å²) in [7, 11) is 0. The van der Waals surface area contributed by atoms with Crippen molar-refractivity contribution in [2.24, 2.45) is 0 Å². The molecular formula is C15H19F3N2O2. The van der Waals surface area contributed by atoms with Gasteiger partial charge in [-0.25, -0.2) is 0 Å². The van der Waals surface area contributed by atoms with Crippen molar-refractivity contribution in [2.75, 3.05) is 13.1 Å². The maximum absolute atomic E-state index is 12.7. The van der Waals surface area contributed by atoms with Crippen LogP contribution in [0.15, 0.2) is 18.3 Å². The molecule has 1 amide bonds. The Morgan fingerprint density at radius 2 is 1.91 bits per heavy atom. The van der Waals surface area contributed by atoms with Gasteiger partial charge >= 0.3 is 6.18 Å². The van der Waals surface area contributed by atoms with Crippen LogP contribution in [0.3, 0.4) is 0 Å². The fourth-order valence-corrected chi connectivity index (χ4v) is 2.42. The van der Waals surface area contributed by atoms with Crippen molar-refractivity contribution in [1.29, 1.82) is 0 Å². The average molecular weight is 316 g/mol. The lowest BCUT2D eigenvalue weighted by atomic mass is 9.90. The van der Waals surface area contributed by atoms with Crippen molar-refractivity contribution in [1.82, 2.24) is 9.88 Å². The first kappa shape index (κ1) is 16.7. The van der Waals surface area contributed by atoms with E-state index in [4.69, 9.17) is 0 Å². The molecule has 0 saturated carbocycles. The highest BCUT2D eigenvalue weighted by Gasteiger charge is 2.54. The fourth-order valence-electron chi connectivity index (χ4n) is 2.42. The van der Waals surface area contributed by atoms with Crippen LogP contribution in [0.1, 0.15) is 48.7 Å². The number of likely N-dealkylation sites (tertiary alicyclic amines) is 1. The molecule has 1 aliphatic heterocycles. The third-order valence-electron chi connectivity index (χ3n) is 4.03. The topological polar surface area (TPSA) is 53.4 Å². The van der Waals surface area contributed by atoms with Crippen LogP contribution in [0.2, 0.25) is 0 Å². The molecule has 1 fully saturated rings. The Bertz CT molecular complexity index is 533. The summed E-state index contributed by atoms with van der Waals surface area (Å²) in [4.78, 5) is 17.8. The number of piperidine rings is 1. The van der Waals surface area contributed by atoms with E-state index in [1.165, 1.54) is 11.1 Å². The highest BCUT2D eigenvalue weighted by molar-refractivity contribution is 5.94. The first-order valence-electron chi connectivity index (χ1n) is 7.18. The number of halogens is 3. The van der Waals surface area contributed by atoms with Crippen LogP contribution in [0, 0.1) is 0 Å². The number of carbonyl (C=O) groups is 1. The van der Waals surface area contributed by atoms with Crippen LogP contribution in [-0.2, 0) is 0 Å². The standard InChI is InChI=1S/C15H19F3N2O2/c1-10(2)12-4-3-11(9-19-12)13(21)20-7-5-14(22,6-8-20)15(16,17)18/h3-4,9-10,22H,5-8H2,1-2H3. The molecule has 1 aliphatic rings. The molecule has 1 saturated heterocycles. The maximum Gasteiger partial charge on any atom is 0.417 e. The van der Waals surface area contributed by atoms with E-state index >= 15 is 0 Å². The number of pyridine rings is 1. The van der Waals surface area contributed by atoms with Crippen LogP contribution < -0.4 is 0 Å². The molecular weight excluding hydrogens is 297 g/mol. The molecule has 4 nitrogen and oxygen atoms in total. The van der Waals surface area contributed by atoms with Gasteiger partial charge in [-0.2, -0.15) is 13.2 Å². The van der Waals surface area contributed by atoms with Gasteiger partial charge in [-0.15, -0.1) is 0 Å². The number of hydrogen-bond donors (Lipinski definition) is 1. The average Bonchev–Trinajstić information content (AvgIpc) is 2.46. The van der Waals surface area contributed by atoms with Crippen molar-refractivity contribution < 1.29 is 23.1 Å². The Balaban J connectivity index is 2.04. The minimum absolute atomic E-state index is 0.124. The van der Waals surface area contributed by atoms with Crippen molar-refractivity contribution in [3.63, 3.8) is 0 Å². The molecule has 1 N–H and O–H groups in total. The van der Waals surface area contributed by atoms with Crippen LogP contribution in [0.25, 0.3) is 0 Å². The monoisotopic (exact) mass is 316 g/mol. The minimum atomic E-state index is -4.66. The minimum Gasteiger partial charge on any atom is -0.380 e. The molecule has 0 atom stereocenters. The van der Waals surface area contributed by atoms with E-state index in [2.05, 4.69) is 4.98 Å². The van der Waals surface area contributed by atoms with Gasteiger partial charge in [0, 0.05) is 37.8 Å². The van der Waals surface area contributed by atoms with E-state index in [0.29, 0.717) is 5.56 Å². The Hall–Kier alpha value is -1.63. The van der Waals surface area contributed by atoms with E-state index in [0.717, 1.165) is 5.69 Å². The summed E-state index contributed by atoms with van der Waals surface area (Å²) in [6.07, 6.45) is -4.22. The van der Waals surface area contributed by atoms with Gasteiger partial charge in [-0.05, 0) is 18.1 Å². The van der Waals surface area contributed by atoms with E-state index in [-0.39, 0.29) is 24.9 Å². The Morgan fingerprint density at radius 1 is 1.32 bits per heavy atom. The normalized spacial score (nSPS) is 18.6. The summed E-state index contributed by atoms with van der Waals surface area (Å²) < 4.78 is 38.2. The summed E-state index contributed by atoms with van der Waals surface area (Å²) in [6, 6.07) is 3.38. The number of carbonyl (C=O) groups excluding carboxylic acids is 1. The number of alkyl halides is 3. The number of hydrogen-bond acceptors (Lipinski definition) is 3. The van der Waals surface area contributed by atoms with Gasteiger partial charge in [0.1, 0.15) is 0 Å². The van der Waals surface area contributed by atoms with Crippen molar-refractivity contribution >= 4 is 5.91 Å². The first-order chi connectivity index (χ1) is 10.1. The van der Waals surface area contributed by atoms with Gasteiger partial charge < -0.3 is 10.0 Å². The molecule has 122 valence electrons. The van der Waals surface area contributed by atoms with E-state index in [1.807, 2.05) is 13.8 Å². The maximum atomic E-state index is 12.7. The molecule has 22 heavy (non-hydrogen) atoms. The van der Waals surface area contributed by atoms with Crippen LogP contribution in [-0.4, -0.2) is 45.8 Å². The second-order valence-corrected chi connectivity index (χ2v) is 5.95. The first-order valence-corrected chi connectivity index (χ1v) is 7.18. The predicted molar refractivity (Wildman–Crippen MR) is 74.5 cm³/mol. The third-order valence-corrected chi connectivity index (χ3v) is 4.03. The lowest BCUT2D eigenvalue weighted by Gasteiger charge is -2.39. The van der Waals surface area contributed by atoms with E-state index < -0.39 is 24.6 Å². The van der Waals surface area contributed by atoms with E-state index in [9.17, 15) is 23.1 Å². The van der Waals surface area contributed by atoms with Crippen LogP contribution in [0.4, 0.5) is 13.2 Å². The lowest BCUT2D eigenvalue weighted by molar-refractivity contribution is -0.271. The third kappa shape index (κ3) is 3.24. The number of amides is 1. The molecule has 0 aliphatic carbocycles. The molecule has 0 bridgehead atoms. The van der Waals surface area contributed by atoms with Gasteiger partial charge in [0.25, 0.3) is 5.91 Å². The molecule has 7 heteroatoms. The Morgan fingerprint density at radius 3 is 2.32 bits per heavy atom. The van der Waals surface area contributed by atoms with Crippen molar-refractivity contribution in [3.8, 4) is 0 Å².